The van der Waals surface area contributed by atoms with Crippen LogP contribution in [-0.4, -0.2) is 26.0 Å². The Labute approximate surface area is 195 Å². The highest BCUT2D eigenvalue weighted by Crippen LogP contribution is 2.34. The molecule has 0 fully saturated rings. The van der Waals surface area contributed by atoms with E-state index >= 15 is 0 Å². The number of benzene rings is 2. The molecule has 0 spiro atoms. The van der Waals surface area contributed by atoms with E-state index in [1.807, 2.05) is 18.3 Å². The summed E-state index contributed by atoms with van der Waals surface area (Å²) in [7, 11) is 0. The van der Waals surface area contributed by atoms with E-state index in [2.05, 4.69) is 70.1 Å². The number of nitriles is 1. The van der Waals surface area contributed by atoms with Gasteiger partial charge in [0.05, 0.1) is 41.8 Å². The Balaban J connectivity index is 1.49. The average molecular weight is 436 g/mol. The van der Waals surface area contributed by atoms with Crippen LogP contribution in [0.4, 0.5) is 0 Å². The summed E-state index contributed by atoms with van der Waals surface area (Å²) >= 11 is 0. The smallest absolute Gasteiger partial charge is 0.124 e. The summed E-state index contributed by atoms with van der Waals surface area (Å²) in [6.07, 6.45) is 6.78. The first-order valence-corrected chi connectivity index (χ1v) is 11.9. The minimum absolute atomic E-state index is 0.280. The molecule has 0 saturated heterocycles. The third-order valence-corrected chi connectivity index (χ3v) is 6.66. The van der Waals surface area contributed by atoms with Gasteiger partial charge in [-0.3, -0.25) is 9.88 Å². The van der Waals surface area contributed by atoms with Crippen LogP contribution in [0, 0.1) is 11.3 Å². The molecule has 0 bridgehead atoms. The van der Waals surface area contributed by atoms with Gasteiger partial charge in [-0.15, -0.1) is 0 Å². The number of hydrogen-bond donors (Lipinski definition) is 0. The summed E-state index contributed by atoms with van der Waals surface area (Å²) in [4.78, 5) is 12.4. The van der Waals surface area contributed by atoms with Crippen molar-refractivity contribution in [2.45, 2.75) is 51.2 Å². The van der Waals surface area contributed by atoms with Crippen LogP contribution in [0.5, 0.6) is 0 Å². The van der Waals surface area contributed by atoms with Crippen LogP contribution in [0.25, 0.3) is 11.0 Å². The van der Waals surface area contributed by atoms with Gasteiger partial charge < -0.3 is 4.57 Å². The lowest BCUT2D eigenvalue weighted by Crippen LogP contribution is -2.34. The van der Waals surface area contributed by atoms with Crippen molar-refractivity contribution in [1.82, 2.24) is 19.4 Å². The second-order valence-corrected chi connectivity index (χ2v) is 8.74. The van der Waals surface area contributed by atoms with Gasteiger partial charge in [0.1, 0.15) is 5.82 Å². The largest absolute Gasteiger partial charge is 0.326 e. The van der Waals surface area contributed by atoms with Gasteiger partial charge in [0.2, 0.25) is 0 Å². The molecule has 1 unspecified atom stereocenters. The predicted molar refractivity (Wildman–Crippen MR) is 130 cm³/mol. The maximum Gasteiger partial charge on any atom is 0.124 e. The molecule has 166 valence electrons. The molecular formula is C28H29N5. The summed E-state index contributed by atoms with van der Waals surface area (Å²) in [5.74, 6) is 1.03. The minimum Gasteiger partial charge on any atom is -0.326 e. The summed E-state index contributed by atoms with van der Waals surface area (Å²) in [5.41, 5.74) is 6.04. The van der Waals surface area contributed by atoms with Crippen LogP contribution in [0.3, 0.4) is 0 Å². The number of rotatable bonds is 8. The maximum atomic E-state index is 9.23. The van der Waals surface area contributed by atoms with Gasteiger partial charge in [0.25, 0.3) is 0 Å². The molecule has 0 N–H and O–H groups in total. The second kappa shape index (κ2) is 9.97. The van der Waals surface area contributed by atoms with Crippen molar-refractivity contribution in [2.75, 3.05) is 6.54 Å². The third-order valence-electron chi connectivity index (χ3n) is 6.66. The van der Waals surface area contributed by atoms with Crippen molar-refractivity contribution in [3.63, 3.8) is 0 Å². The molecule has 5 nitrogen and oxygen atoms in total. The van der Waals surface area contributed by atoms with Gasteiger partial charge in [-0.25, -0.2) is 4.98 Å². The average Bonchev–Trinajstić information content (AvgIpc) is 3.22. The molecule has 1 atom stereocenters. The van der Waals surface area contributed by atoms with Crippen LogP contribution in [0.1, 0.15) is 47.9 Å². The van der Waals surface area contributed by atoms with E-state index in [-0.39, 0.29) is 6.04 Å². The highest BCUT2D eigenvalue weighted by atomic mass is 15.2. The van der Waals surface area contributed by atoms with Gasteiger partial charge >= 0.3 is 0 Å². The van der Waals surface area contributed by atoms with E-state index in [9.17, 15) is 5.26 Å². The molecule has 0 amide bonds. The highest BCUT2D eigenvalue weighted by molar-refractivity contribution is 5.75. The first-order chi connectivity index (χ1) is 16.3. The Morgan fingerprint density at radius 3 is 2.76 bits per heavy atom. The molecule has 2 aromatic carbocycles. The lowest BCUT2D eigenvalue weighted by Gasteiger charge is -2.35. The van der Waals surface area contributed by atoms with Crippen molar-refractivity contribution in [3.05, 3.63) is 95.6 Å². The lowest BCUT2D eigenvalue weighted by molar-refractivity contribution is 0.162. The number of hydrogen-bond acceptors (Lipinski definition) is 4. The van der Waals surface area contributed by atoms with Crippen molar-refractivity contribution in [3.8, 4) is 6.07 Å². The van der Waals surface area contributed by atoms with E-state index in [0.717, 1.165) is 49.2 Å². The monoisotopic (exact) mass is 435 g/mol. The second-order valence-electron chi connectivity index (χ2n) is 8.74. The molecule has 5 rings (SSSR count). The van der Waals surface area contributed by atoms with E-state index in [1.54, 1.807) is 0 Å². The van der Waals surface area contributed by atoms with Crippen molar-refractivity contribution < 1.29 is 0 Å². The third kappa shape index (κ3) is 4.67. The molecule has 2 heterocycles. The van der Waals surface area contributed by atoms with Gasteiger partial charge in [-0.1, -0.05) is 48.5 Å². The van der Waals surface area contributed by atoms with Crippen molar-refractivity contribution >= 4 is 11.0 Å². The molecule has 0 radical (unpaired) electrons. The molecule has 0 saturated carbocycles. The van der Waals surface area contributed by atoms with Gasteiger partial charge in [0.15, 0.2) is 0 Å². The Bertz CT molecular complexity index is 1250. The molecule has 1 aliphatic rings. The van der Waals surface area contributed by atoms with E-state index in [1.165, 1.54) is 23.2 Å². The Kier molecular flexibility index (Phi) is 6.46. The van der Waals surface area contributed by atoms with Crippen molar-refractivity contribution in [2.24, 2.45) is 0 Å². The number of pyridine rings is 1. The fourth-order valence-corrected chi connectivity index (χ4v) is 5.04. The van der Waals surface area contributed by atoms with Crippen LogP contribution >= 0.6 is 0 Å². The lowest BCUT2D eigenvalue weighted by atomic mass is 9.90. The van der Waals surface area contributed by atoms with Gasteiger partial charge in [-0.05, 0) is 55.0 Å². The zero-order valence-corrected chi connectivity index (χ0v) is 18.9. The molecule has 2 aromatic heterocycles. The number of para-hydroxylation sites is 2. The predicted octanol–water partition coefficient (Wildman–Crippen LogP) is 5.47. The standard InChI is InChI=1S/C28H29N5/c29-17-8-19-33-25-14-5-4-13-24(25)31-27(33)21-32(20-16-22-9-2-1-3-10-22)26-15-6-11-23-12-7-18-30-28(23)26/h1-5,7,9-10,12-14,18,26H,6,8,11,15-16,19-21H2. The normalized spacial score (nSPS) is 15.5. The summed E-state index contributed by atoms with van der Waals surface area (Å²) in [5, 5.41) is 9.23. The molecule has 0 aliphatic heterocycles. The quantitative estimate of drug-likeness (QED) is 0.368. The first-order valence-electron chi connectivity index (χ1n) is 11.9. The summed E-state index contributed by atoms with van der Waals surface area (Å²) in [6, 6.07) is 25.8. The van der Waals surface area contributed by atoms with E-state index in [0.29, 0.717) is 13.0 Å². The van der Waals surface area contributed by atoms with Crippen LogP contribution < -0.4 is 0 Å². The molecule has 5 heteroatoms. The van der Waals surface area contributed by atoms with Crippen LogP contribution in [-0.2, 0) is 25.9 Å². The zero-order valence-electron chi connectivity index (χ0n) is 18.9. The fraction of sp³-hybridized carbons (Fsp3) is 0.321. The Morgan fingerprint density at radius 2 is 1.88 bits per heavy atom. The number of nitrogens with zero attached hydrogens (tertiary/aromatic N) is 5. The number of aryl methyl sites for hydroxylation is 2. The van der Waals surface area contributed by atoms with Crippen molar-refractivity contribution in [1.29, 1.82) is 5.26 Å². The Morgan fingerprint density at radius 1 is 1.03 bits per heavy atom. The minimum atomic E-state index is 0.280. The summed E-state index contributed by atoms with van der Waals surface area (Å²) in [6.45, 7) is 2.35. The first kappa shape index (κ1) is 21.4. The zero-order chi connectivity index (χ0) is 22.5. The topological polar surface area (TPSA) is 57.7 Å². The number of fused-ring (bicyclic) bond motifs is 2. The van der Waals surface area contributed by atoms with E-state index in [4.69, 9.17) is 9.97 Å². The highest BCUT2D eigenvalue weighted by Gasteiger charge is 2.28. The van der Waals surface area contributed by atoms with Crippen LogP contribution in [0.15, 0.2) is 72.9 Å². The maximum absolute atomic E-state index is 9.23. The molecule has 33 heavy (non-hydrogen) atoms. The number of aromatic nitrogens is 3. The molecular weight excluding hydrogens is 406 g/mol. The van der Waals surface area contributed by atoms with Gasteiger partial charge in [0, 0.05) is 19.3 Å². The SMILES string of the molecule is N#CCCn1c(CN(CCc2ccccc2)C2CCCc3cccnc32)nc2ccccc21. The Hall–Kier alpha value is -3.49. The van der Waals surface area contributed by atoms with Crippen LogP contribution in [0.2, 0.25) is 0 Å². The number of imidazole rings is 1. The van der Waals surface area contributed by atoms with E-state index < -0.39 is 0 Å². The molecule has 4 aromatic rings. The van der Waals surface area contributed by atoms with Gasteiger partial charge in [-0.2, -0.15) is 5.26 Å². The molecule has 1 aliphatic carbocycles. The fourth-order valence-electron chi connectivity index (χ4n) is 5.04. The summed E-state index contributed by atoms with van der Waals surface area (Å²) < 4.78 is 2.23.